The lowest BCUT2D eigenvalue weighted by Crippen LogP contribution is -2.59. The van der Waals surface area contributed by atoms with Gasteiger partial charge in [0.25, 0.3) is 0 Å². The van der Waals surface area contributed by atoms with E-state index in [4.69, 9.17) is 24.7 Å². The zero-order valence-corrected chi connectivity index (χ0v) is 13.5. The molecule has 0 aromatic carbocycles. The Kier molecular flexibility index (Phi) is 8.25. The molecular weight excluding hydrogens is 248 g/mol. The molecule has 6 heteroatoms. The van der Waals surface area contributed by atoms with Crippen molar-refractivity contribution < 1.29 is 13.3 Å². The molecule has 0 radical (unpaired) electrons. The number of hydrogen-bond donors (Lipinski definition) is 2. The summed E-state index contributed by atoms with van der Waals surface area (Å²) in [5.41, 5.74) is 11.9. The Morgan fingerprint density at radius 3 is 1.67 bits per heavy atom. The van der Waals surface area contributed by atoms with Gasteiger partial charge in [0.1, 0.15) is 0 Å². The molecule has 0 aliphatic rings. The molecule has 110 valence electrons. The first-order valence-electron chi connectivity index (χ1n) is 6.78. The quantitative estimate of drug-likeness (QED) is 0.592. The molecule has 0 aromatic heterocycles. The van der Waals surface area contributed by atoms with Gasteiger partial charge < -0.3 is 24.7 Å². The van der Waals surface area contributed by atoms with Crippen molar-refractivity contribution in [1.82, 2.24) is 0 Å². The highest BCUT2D eigenvalue weighted by molar-refractivity contribution is 6.64. The van der Waals surface area contributed by atoms with E-state index in [-0.39, 0.29) is 11.1 Å². The maximum atomic E-state index is 5.97. The molecule has 0 aliphatic carbocycles. The first-order chi connectivity index (χ1) is 8.41. The van der Waals surface area contributed by atoms with Gasteiger partial charge in [0.05, 0.1) is 5.04 Å². The second-order valence-electron chi connectivity index (χ2n) is 4.80. The molecule has 0 saturated carbocycles. The van der Waals surface area contributed by atoms with Crippen LogP contribution in [0.25, 0.3) is 0 Å². The Labute approximate surface area is 113 Å². The highest BCUT2D eigenvalue weighted by Crippen LogP contribution is 2.42. The fourth-order valence-electron chi connectivity index (χ4n) is 2.26. The maximum Gasteiger partial charge on any atom is 0.508 e. The number of rotatable bonds is 10. The van der Waals surface area contributed by atoms with Crippen molar-refractivity contribution in [2.75, 3.05) is 26.4 Å². The van der Waals surface area contributed by atoms with Crippen molar-refractivity contribution in [3.05, 3.63) is 0 Å². The smallest absolute Gasteiger partial charge is 0.373 e. The molecule has 0 amide bonds. The van der Waals surface area contributed by atoms with Crippen LogP contribution in [0.4, 0.5) is 0 Å². The van der Waals surface area contributed by atoms with Crippen molar-refractivity contribution >= 4 is 8.80 Å². The van der Waals surface area contributed by atoms with Gasteiger partial charge in [-0.1, -0.05) is 6.92 Å². The molecule has 0 saturated heterocycles. The lowest BCUT2D eigenvalue weighted by atomic mass is 10.0. The Bertz CT molecular complexity index is 212. The molecule has 0 rings (SSSR count). The van der Waals surface area contributed by atoms with Crippen molar-refractivity contribution in [2.24, 2.45) is 11.5 Å². The summed E-state index contributed by atoms with van der Waals surface area (Å²) in [5.74, 6) is 0. The summed E-state index contributed by atoms with van der Waals surface area (Å²) in [7, 11) is -2.82. The van der Waals surface area contributed by atoms with Gasteiger partial charge in [0, 0.05) is 32.4 Å². The van der Waals surface area contributed by atoms with Crippen LogP contribution in [0.1, 0.15) is 41.0 Å². The van der Waals surface area contributed by atoms with E-state index in [0.29, 0.717) is 26.4 Å². The van der Waals surface area contributed by atoms with E-state index < -0.39 is 8.80 Å². The second-order valence-corrected chi connectivity index (χ2v) is 7.99. The third-order valence-electron chi connectivity index (χ3n) is 2.97. The zero-order valence-electron chi connectivity index (χ0n) is 12.5. The Morgan fingerprint density at radius 1 is 1.06 bits per heavy atom. The van der Waals surface area contributed by atoms with E-state index in [0.717, 1.165) is 6.42 Å². The standard InChI is InChI=1S/C12H30N2O3Si/c1-6-15-18(16-7-2,17-8-3)12(5,10-13)9-11(4)14/h11H,6-10,13-14H2,1-5H3. The number of hydrogen-bond acceptors (Lipinski definition) is 5. The molecule has 0 heterocycles. The molecule has 0 aromatic rings. The van der Waals surface area contributed by atoms with Crippen molar-refractivity contribution in [3.8, 4) is 0 Å². The van der Waals surface area contributed by atoms with Crippen LogP contribution in [0.3, 0.4) is 0 Å². The highest BCUT2D eigenvalue weighted by atomic mass is 28.4. The number of nitrogens with two attached hydrogens (primary N) is 2. The maximum absolute atomic E-state index is 5.97. The minimum Gasteiger partial charge on any atom is -0.373 e. The van der Waals surface area contributed by atoms with E-state index >= 15 is 0 Å². The Hall–Kier alpha value is 0.0169. The van der Waals surface area contributed by atoms with E-state index in [1.807, 2.05) is 27.7 Å². The summed E-state index contributed by atoms with van der Waals surface area (Å²) in [6.07, 6.45) is 0.732. The predicted octanol–water partition coefficient (Wildman–Crippen LogP) is 1.49. The first-order valence-corrected chi connectivity index (χ1v) is 8.51. The van der Waals surface area contributed by atoms with Gasteiger partial charge in [-0.15, -0.1) is 0 Å². The largest absolute Gasteiger partial charge is 0.508 e. The Morgan fingerprint density at radius 2 is 1.44 bits per heavy atom. The molecule has 2 unspecified atom stereocenters. The zero-order chi connectivity index (χ0) is 14.2. The van der Waals surface area contributed by atoms with Gasteiger partial charge in [0.2, 0.25) is 0 Å². The lowest BCUT2D eigenvalue weighted by molar-refractivity contribution is 0.0438. The summed E-state index contributed by atoms with van der Waals surface area (Å²) < 4.78 is 17.8. The lowest BCUT2D eigenvalue weighted by Gasteiger charge is -2.43. The molecule has 0 spiro atoms. The van der Waals surface area contributed by atoms with Crippen molar-refractivity contribution in [3.63, 3.8) is 0 Å². The molecule has 0 fully saturated rings. The van der Waals surface area contributed by atoms with E-state index in [9.17, 15) is 0 Å². The van der Waals surface area contributed by atoms with Crippen molar-refractivity contribution in [1.29, 1.82) is 0 Å². The summed E-state index contributed by atoms with van der Waals surface area (Å²) in [6.45, 7) is 12.0. The topological polar surface area (TPSA) is 79.7 Å². The Balaban J connectivity index is 5.29. The van der Waals surface area contributed by atoms with E-state index in [1.165, 1.54) is 0 Å². The molecular formula is C12H30N2O3Si. The first kappa shape index (κ1) is 18.0. The van der Waals surface area contributed by atoms with Gasteiger partial charge in [-0.2, -0.15) is 0 Å². The average molecular weight is 278 g/mol. The molecule has 4 N–H and O–H groups in total. The van der Waals surface area contributed by atoms with Gasteiger partial charge in [0.15, 0.2) is 0 Å². The second kappa shape index (κ2) is 8.24. The van der Waals surface area contributed by atoms with Crippen LogP contribution in [0.2, 0.25) is 5.04 Å². The molecule has 18 heavy (non-hydrogen) atoms. The average Bonchev–Trinajstić information content (AvgIpc) is 2.28. The summed E-state index contributed by atoms with van der Waals surface area (Å²) in [6, 6.07) is 0.0341. The summed E-state index contributed by atoms with van der Waals surface area (Å²) in [4.78, 5) is 0. The monoisotopic (exact) mass is 278 g/mol. The fourth-order valence-corrected chi connectivity index (χ4v) is 5.52. The van der Waals surface area contributed by atoms with Gasteiger partial charge in [-0.05, 0) is 34.1 Å². The van der Waals surface area contributed by atoms with Crippen LogP contribution in [0.5, 0.6) is 0 Å². The normalized spacial score (nSPS) is 17.5. The van der Waals surface area contributed by atoms with E-state index in [2.05, 4.69) is 6.92 Å². The van der Waals surface area contributed by atoms with Crippen LogP contribution >= 0.6 is 0 Å². The van der Waals surface area contributed by atoms with Crippen LogP contribution in [0, 0.1) is 0 Å². The van der Waals surface area contributed by atoms with Crippen LogP contribution in [-0.4, -0.2) is 41.2 Å². The third kappa shape index (κ3) is 4.29. The third-order valence-corrected chi connectivity index (χ3v) is 6.86. The highest BCUT2D eigenvalue weighted by Gasteiger charge is 2.57. The van der Waals surface area contributed by atoms with Gasteiger partial charge in [-0.3, -0.25) is 0 Å². The predicted molar refractivity (Wildman–Crippen MR) is 76.3 cm³/mol. The van der Waals surface area contributed by atoms with Crippen LogP contribution < -0.4 is 11.5 Å². The molecule has 0 bridgehead atoms. The van der Waals surface area contributed by atoms with Gasteiger partial charge in [-0.25, -0.2) is 0 Å². The molecule has 2 atom stereocenters. The van der Waals surface area contributed by atoms with Crippen LogP contribution in [0.15, 0.2) is 0 Å². The van der Waals surface area contributed by atoms with Crippen LogP contribution in [-0.2, 0) is 13.3 Å². The summed E-state index contributed by atoms with van der Waals surface area (Å²) in [5, 5.41) is -0.344. The summed E-state index contributed by atoms with van der Waals surface area (Å²) >= 11 is 0. The fraction of sp³-hybridized carbons (Fsp3) is 1.00. The molecule has 5 nitrogen and oxygen atoms in total. The molecule has 0 aliphatic heterocycles. The minimum atomic E-state index is -2.82. The van der Waals surface area contributed by atoms with Gasteiger partial charge >= 0.3 is 8.80 Å². The minimum absolute atomic E-state index is 0.0341. The van der Waals surface area contributed by atoms with Crippen molar-refractivity contribution in [2.45, 2.75) is 52.1 Å². The SMILES string of the molecule is CCO[Si](OCC)(OCC)C(C)(CN)CC(C)N. The van der Waals surface area contributed by atoms with E-state index in [1.54, 1.807) is 0 Å².